The lowest BCUT2D eigenvalue weighted by Crippen LogP contribution is -2.34. The topological polar surface area (TPSA) is 38.0 Å². The highest BCUT2D eigenvalue weighted by Gasteiger charge is 2.37. The maximum absolute atomic E-state index is 6.52. The summed E-state index contributed by atoms with van der Waals surface area (Å²) in [5.41, 5.74) is 21.0. The van der Waals surface area contributed by atoms with Crippen molar-refractivity contribution >= 4 is 6.08 Å². The lowest BCUT2D eigenvalue weighted by atomic mass is 9.66. The third-order valence-corrected chi connectivity index (χ3v) is 12.1. The number of nitrogens with one attached hydrogen (secondary N) is 1. The zero-order valence-electron chi connectivity index (χ0n) is 30.9. The zero-order chi connectivity index (χ0) is 35.2. The van der Waals surface area contributed by atoms with Crippen molar-refractivity contribution in [3.63, 3.8) is 0 Å². The number of nitrogens with two attached hydrogens (primary N) is 1. The van der Waals surface area contributed by atoms with Crippen molar-refractivity contribution in [1.29, 1.82) is 0 Å². The maximum atomic E-state index is 6.52. The number of hydrogen-bond donors (Lipinski definition) is 2. The van der Waals surface area contributed by atoms with Crippen LogP contribution in [0.5, 0.6) is 0 Å². The summed E-state index contributed by atoms with van der Waals surface area (Å²) >= 11 is 0. The fraction of sp³-hybridized carbons (Fsp3) is 0.347. The van der Waals surface area contributed by atoms with E-state index >= 15 is 0 Å². The van der Waals surface area contributed by atoms with Crippen LogP contribution in [-0.4, -0.2) is 6.54 Å². The van der Waals surface area contributed by atoms with Crippen LogP contribution in [-0.2, 0) is 13.0 Å². The Morgan fingerprint density at radius 3 is 2.59 bits per heavy atom. The summed E-state index contributed by atoms with van der Waals surface area (Å²) < 4.78 is 0. The van der Waals surface area contributed by atoms with Crippen LogP contribution in [0, 0.1) is 29.6 Å². The highest BCUT2D eigenvalue weighted by atomic mass is 14.9. The van der Waals surface area contributed by atoms with Crippen molar-refractivity contribution in [1.82, 2.24) is 5.32 Å². The molecular weight excluding hydrogens is 617 g/mol. The molecule has 7 rings (SSSR count). The van der Waals surface area contributed by atoms with E-state index < -0.39 is 0 Å². The molecule has 0 radical (unpaired) electrons. The van der Waals surface area contributed by atoms with E-state index in [4.69, 9.17) is 5.73 Å². The van der Waals surface area contributed by atoms with Crippen LogP contribution in [0.4, 0.5) is 0 Å². The second-order valence-corrected chi connectivity index (χ2v) is 15.1. The normalized spacial score (nSPS) is 26.6. The summed E-state index contributed by atoms with van der Waals surface area (Å²) in [7, 11) is 0. The number of fused-ring (bicyclic) bond motifs is 2. The van der Waals surface area contributed by atoms with Gasteiger partial charge in [0.25, 0.3) is 0 Å². The molecule has 0 amide bonds. The summed E-state index contributed by atoms with van der Waals surface area (Å²) in [6.45, 7) is 8.34. The van der Waals surface area contributed by atoms with Gasteiger partial charge in [0, 0.05) is 48.4 Å². The second kappa shape index (κ2) is 16.3. The molecule has 3 N–H and O–H groups in total. The zero-order valence-corrected chi connectivity index (χ0v) is 30.9. The molecule has 0 heterocycles. The smallest absolute Gasteiger partial charge is 0.0397 e. The fourth-order valence-electron chi connectivity index (χ4n) is 9.17. The minimum absolute atomic E-state index is 0.232. The summed E-state index contributed by atoms with van der Waals surface area (Å²) in [5, 5.41) is 3.97. The van der Waals surface area contributed by atoms with Gasteiger partial charge in [-0.25, -0.2) is 0 Å². The summed E-state index contributed by atoms with van der Waals surface area (Å²) in [5.74, 6) is 1.94. The van der Waals surface area contributed by atoms with Gasteiger partial charge in [0.2, 0.25) is 0 Å². The molecule has 0 saturated heterocycles. The van der Waals surface area contributed by atoms with E-state index in [1.807, 2.05) is 0 Å². The van der Waals surface area contributed by atoms with E-state index in [9.17, 15) is 0 Å². The van der Waals surface area contributed by atoms with E-state index in [0.29, 0.717) is 30.2 Å². The van der Waals surface area contributed by atoms with Gasteiger partial charge in [-0.05, 0) is 98.6 Å². The molecule has 0 spiro atoms. The second-order valence-electron chi connectivity index (χ2n) is 15.1. The Bertz CT molecular complexity index is 1880. The molecule has 4 unspecified atom stereocenters. The quantitative estimate of drug-likeness (QED) is 0.247. The van der Waals surface area contributed by atoms with Crippen LogP contribution in [0.25, 0.3) is 6.08 Å². The Balaban J connectivity index is 1.23. The van der Waals surface area contributed by atoms with Crippen LogP contribution in [0.15, 0.2) is 161 Å². The van der Waals surface area contributed by atoms with Crippen molar-refractivity contribution in [2.75, 3.05) is 6.54 Å². The minimum atomic E-state index is 0.232. The average Bonchev–Trinajstić information content (AvgIpc) is 3.36. The molecule has 5 aliphatic carbocycles. The molecule has 2 nitrogen and oxygen atoms in total. The van der Waals surface area contributed by atoms with Crippen molar-refractivity contribution in [2.45, 2.75) is 71.8 Å². The molecule has 2 aromatic rings. The Morgan fingerprint density at radius 1 is 0.922 bits per heavy atom. The van der Waals surface area contributed by atoms with E-state index in [0.717, 1.165) is 45.1 Å². The third-order valence-electron chi connectivity index (χ3n) is 12.1. The predicted octanol–water partition coefficient (Wildman–Crippen LogP) is 11.4. The Hall–Kier alpha value is -4.40. The van der Waals surface area contributed by atoms with Gasteiger partial charge >= 0.3 is 0 Å². The monoisotopic (exact) mass is 672 g/mol. The van der Waals surface area contributed by atoms with Crippen molar-refractivity contribution < 1.29 is 0 Å². The van der Waals surface area contributed by atoms with Gasteiger partial charge in [0.05, 0.1) is 0 Å². The van der Waals surface area contributed by atoms with Gasteiger partial charge in [-0.3, -0.25) is 0 Å². The van der Waals surface area contributed by atoms with Crippen LogP contribution in [0.2, 0.25) is 0 Å². The Kier molecular flexibility index (Phi) is 11.2. The van der Waals surface area contributed by atoms with Crippen LogP contribution in [0.3, 0.4) is 0 Å². The standard InChI is InChI=1S/C49H56N2/c1-4-34(2)48-30-35(3)40(42-23-13-21-38-20-11-12-22-41(38)42)28-29-46(48)44-24-14-26-45-43(44)25-15-27-47(45)49(51-33-36-16-7-5-8-17-36)31-39(32-50)37-18-9-6-10-19-37/h4-9,11,13-18,20-21,23-26,29-31,39-40,43,45,47-48,51H,10,12,19,22,27-28,32-33,50H2,1-3H3/b34-4-,49-31-/t39?,40?,43-,45?,47?,48+/m0/s1. The van der Waals surface area contributed by atoms with E-state index in [2.05, 4.69) is 160 Å². The molecule has 2 heteroatoms. The van der Waals surface area contributed by atoms with Gasteiger partial charge in [0.1, 0.15) is 0 Å². The number of benzene rings is 2. The van der Waals surface area contributed by atoms with E-state index in [1.54, 1.807) is 5.56 Å². The average molecular weight is 673 g/mol. The molecule has 0 aromatic heterocycles. The van der Waals surface area contributed by atoms with Gasteiger partial charge in [0.15, 0.2) is 0 Å². The Morgan fingerprint density at radius 2 is 1.78 bits per heavy atom. The first-order chi connectivity index (χ1) is 25.1. The molecular formula is C49H56N2. The maximum Gasteiger partial charge on any atom is 0.0397 e. The van der Waals surface area contributed by atoms with Gasteiger partial charge in [-0.1, -0.05) is 150 Å². The molecule has 6 atom stereocenters. The lowest BCUT2D eigenvalue weighted by Gasteiger charge is -2.40. The largest absolute Gasteiger partial charge is 0.384 e. The highest BCUT2D eigenvalue weighted by Crippen LogP contribution is 2.48. The first-order valence-electron chi connectivity index (χ1n) is 19.5. The predicted molar refractivity (Wildman–Crippen MR) is 218 cm³/mol. The summed E-state index contributed by atoms with van der Waals surface area (Å²) in [6, 6.07) is 17.8. The van der Waals surface area contributed by atoms with Gasteiger partial charge in [-0.15, -0.1) is 0 Å². The Labute approximate surface area is 307 Å². The molecule has 5 aliphatic rings. The SMILES string of the molecule is C/C=C(/C)[C@H]1C=C(C)C(c2cccc3c2CCC=C3)CC=C1C1=CC=CC2C(/C(=C/C(CN)C3=CC=CCC3)NCc3ccccc3)CC=C[C@@H]12. The van der Waals surface area contributed by atoms with E-state index in [-0.39, 0.29) is 11.8 Å². The van der Waals surface area contributed by atoms with Crippen LogP contribution >= 0.6 is 0 Å². The first-order valence-corrected chi connectivity index (χ1v) is 19.5. The van der Waals surface area contributed by atoms with Gasteiger partial charge in [-0.2, -0.15) is 0 Å². The molecule has 2 aromatic carbocycles. The minimum Gasteiger partial charge on any atom is -0.384 e. The lowest BCUT2D eigenvalue weighted by molar-refractivity contribution is 0.352. The number of hydrogen-bond acceptors (Lipinski definition) is 2. The molecule has 0 aliphatic heterocycles. The fourth-order valence-corrected chi connectivity index (χ4v) is 9.17. The molecule has 0 saturated carbocycles. The first kappa shape index (κ1) is 35.0. The van der Waals surface area contributed by atoms with Crippen molar-refractivity contribution in [3.8, 4) is 0 Å². The third kappa shape index (κ3) is 7.63. The molecule has 262 valence electrons. The summed E-state index contributed by atoms with van der Waals surface area (Å²) in [6.07, 6.45) is 40.2. The van der Waals surface area contributed by atoms with Gasteiger partial charge < -0.3 is 11.1 Å². The van der Waals surface area contributed by atoms with Crippen molar-refractivity contribution in [3.05, 3.63) is 183 Å². The highest BCUT2D eigenvalue weighted by molar-refractivity contribution is 5.60. The molecule has 51 heavy (non-hydrogen) atoms. The summed E-state index contributed by atoms with van der Waals surface area (Å²) in [4.78, 5) is 0. The molecule has 0 fully saturated rings. The number of allylic oxidation sites excluding steroid dienone is 17. The van der Waals surface area contributed by atoms with Crippen LogP contribution in [0.1, 0.15) is 81.0 Å². The van der Waals surface area contributed by atoms with Crippen LogP contribution < -0.4 is 11.1 Å². The molecule has 0 bridgehead atoms. The van der Waals surface area contributed by atoms with Crippen molar-refractivity contribution in [2.24, 2.45) is 35.3 Å². The van der Waals surface area contributed by atoms with E-state index in [1.165, 1.54) is 50.3 Å². The number of rotatable bonds is 10.